The topological polar surface area (TPSA) is 57.8 Å². The molecule has 0 radical (unpaired) electrons. The van der Waals surface area contributed by atoms with Crippen LogP contribution in [0.15, 0.2) is 30.3 Å². The maximum atomic E-state index is 11.2. The minimum Gasteiger partial charge on any atom is -0.310 e. The van der Waals surface area contributed by atoms with Gasteiger partial charge in [0.1, 0.15) is 5.82 Å². The molecule has 0 atom stereocenters. The van der Waals surface area contributed by atoms with Gasteiger partial charge < -0.3 is 5.32 Å². The number of aromatic amines is 1. The molecule has 4 nitrogen and oxygen atoms in total. The number of benzene rings is 1. The van der Waals surface area contributed by atoms with E-state index in [9.17, 15) is 4.79 Å². The molecule has 17 heavy (non-hydrogen) atoms. The molecule has 2 rings (SSSR count). The number of amides is 1. The largest absolute Gasteiger partial charge is 0.310 e. The van der Waals surface area contributed by atoms with Gasteiger partial charge in [0, 0.05) is 11.6 Å². The summed E-state index contributed by atoms with van der Waals surface area (Å²) >= 11 is 3.89. The first kappa shape index (κ1) is 11.7. The summed E-state index contributed by atoms with van der Waals surface area (Å²) in [5, 5.41) is 9.62. The molecule has 1 amide bonds. The summed E-state index contributed by atoms with van der Waals surface area (Å²) in [5.41, 5.74) is 3.01. The Kier molecular flexibility index (Phi) is 3.49. The molecule has 2 aromatic rings. The summed E-state index contributed by atoms with van der Waals surface area (Å²) in [7, 11) is 0. The first-order chi connectivity index (χ1) is 8.20. The Morgan fingerprint density at radius 1 is 1.47 bits per heavy atom. The van der Waals surface area contributed by atoms with Gasteiger partial charge >= 0.3 is 0 Å². The number of anilines is 1. The van der Waals surface area contributed by atoms with Crippen LogP contribution < -0.4 is 5.32 Å². The molecule has 0 fully saturated rings. The zero-order chi connectivity index (χ0) is 12.3. The maximum absolute atomic E-state index is 11.2. The molecule has 1 aromatic heterocycles. The van der Waals surface area contributed by atoms with E-state index in [0.29, 0.717) is 5.82 Å². The highest BCUT2D eigenvalue weighted by Gasteiger charge is 2.07. The van der Waals surface area contributed by atoms with Crippen LogP contribution in [0.1, 0.15) is 5.56 Å². The van der Waals surface area contributed by atoms with Gasteiger partial charge in [0.25, 0.3) is 0 Å². The Balaban J connectivity index is 2.24. The lowest BCUT2D eigenvalue weighted by atomic mass is 10.1. The van der Waals surface area contributed by atoms with Crippen molar-refractivity contribution in [2.45, 2.75) is 6.92 Å². The molecule has 5 heteroatoms. The van der Waals surface area contributed by atoms with Crippen molar-refractivity contribution in [3.63, 3.8) is 0 Å². The molecular formula is C12H13N3OS. The summed E-state index contributed by atoms with van der Waals surface area (Å²) in [6, 6.07) is 9.77. The predicted molar refractivity (Wildman–Crippen MR) is 71.2 cm³/mol. The van der Waals surface area contributed by atoms with Gasteiger partial charge in [-0.2, -0.15) is 17.7 Å². The molecule has 1 heterocycles. The number of rotatable bonds is 3. The van der Waals surface area contributed by atoms with Gasteiger partial charge in [-0.25, -0.2) is 0 Å². The minimum atomic E-state index is -0.159. The van der Waals surface area contributed by atoms with Crippen molar-refractivity contribution in [1.29, 1.82) is 0 Å². The van der Waals surface area contributed by atoms with Crippen molar-refractivity contribution in [1.82, 2.24) is 10.2 Å². The summed E-state index contributed by atoms with van der Waals surface area (Å²) in [5.74, 6) is 0.578. The van der Waals surface area contributed by atoms with Crippen LogP contribution in [0.2, 0.25) is 0 Å². The molecule has 0 unspecified atom stereocenters. The van der Waals surface area contributed by atoms with E-state index in [-0.39, 0.29) is 11.7 Å². The van der Waals surface area contributed by atoms with Crippen molar-refractivity contribution in [3.05, 3.63) is 35.9 Å². The van der Waals surface area contributed by atoms with Crippen LogP contribution in [-0.2, 0) is 4.79 Å². The highest BCUT2D eigenvalue weighted by molar-refractivity contribution is 7.81. The third kappa shape index (κ3) is 2.68. The average molecular weight is 247 g/mol. The van der Waals surface area contributed by atoms with Gasteiger partial charge in [0.15, 0.2) is 0 Å². The molecule has 0 aliphatic rings. The van der Waals surface area contributed by atoms with E-state index < -0.39 is 0 Å². The van der Waals surface area contributed by atoms with E-state index in [1.807, 2.05) is 37.3 Å². The van der Waals surface area contributed by atoms with Crippen LogP contribution in [-0.4, -0.2) is 21.9 Å². The second kappa shape index (κ2) is 5.05. The minimum absolute atomic E-state index is 0.152. The summed E-state index contributed by atoms with van der Waals surface area (Å²) in [6.07, 6.45) is 0. The molecule has 0 aliphatic heterocycles. The molecule has 0 bridgehead atoms. The van der Waals surface area contributed by atoms with Gasteiger partial charge in [-0.1, -0.05) is 24.3 Å². The lowest BCUT2D eigenvalue weighted by Crippen LogP contribution is -2.12. The lowest BCUT2D eigenvalue weighted by Gasteiger charge is -2.00. The van der Waals surface area contributed by atoms with E-state index in [0.717, 1.165) is 16.8 Å². The number of nitrogens with one attached hydrogen (secondary N) is 2. The number of nitrogens with zero attached hydrogens (tertiary/aromatic N) is 1. The SMILES string of the molecule is Cc1ccccc1-c1cc(NC(=O)CS)[nH]n1. The number of H-pyrrole nitrogens is 1. The Morgan fingerprint density at radius 2 is 2.24 bits per heavy atom. The summed E-state index contributed by atoms with van der Waals surface area (Å²) in [4.78, 5) is 11.2. The molecule has 0 aliphatic carbocycles. The fraction of sp³-hybridized carbons (Fsp3) is 0.167. The number of aryl methyl sites for hydroxylation is 1. The van der Waals surface area contributed by atoms with Crippen LogP contribution in [0.25, 0.3) is 11.3 Å². The van der Waals surface area contributed by atoms with Gasteiger partial charge in [0.05, 0.1) is 11.4 Å². The lowest BCUT2D eigenvalue weighted by molar-refractivity contribution is -0.113. The average Bonchev–Trinajstić information content (AvgIpc) is 2.78. The van der Waals surface area contributed by atoms with Gasteiger partial charge in [0.2, 0.25) is 5.91 Å². The molecule has 1 aromatic carbocycles. The molecule has 88 valence electrons. The normalized spacial score (nSPS) is 10.2. The number of aromatic nitrogens is 2. The zero-order valence-corrected chi connectivity index (χ0v) is 10.3. The first-order valence-corrected chi connectivity index (χ1v) is 5.86. The van der Waals surface area contributed by atoms with Gasteiger partial charge in [-0.15, -0.1) is 0 Å². The number of hydrogen-bond donors (Lipinski definition) is 3. The molecule has 2 N–H and O–H groups in total. The fourth-order valence-corrected chi connectivity index (χ4v) is 1.65. The van der Waals surface area contributed by atoms with Crippen molar-refractivity contribution in [2.24, 2.45) is 0 Å². The second-order valence-corrected chi connectivity index (χ2v) is 4.00. The highest BCUT2D eigenvalue weighted by Crippen LogP contribution is 2.22. The smallest absolute Gasteiger partial charge is 0.235 e. The van der Waals surface area contributed by atoms with Crippen LogP contribution >= 0.6 is 12.6 Å². The second-order valence-electron chi connectivity index (χ2n) is 3.69. The summed E-state index contributed by atoms with van der Waals surface area (Å²) in [6.45, 7) is 2.02. The quantitative estimate of drug-likeness (QED) is 0.729. The Labute approximate surface area is 105 Å². The van der Waals surface area contributed by atoms with E-state index in [1.165, 1.54) is 0 Å². The van der Waals surface area contributed by atoms with Crippen LogP contribution in [0.5, 0.6) is 0 Å². The molecular weight excluding hydrogens is 234 g/mol. The molecule has 0 saturated carbocycles. The standard InChI is InChI=1S/C12H13N3OS/c1-8-4-2-3-5-9(8)10-6-11(15-14-10)13-12(16)7-17/h2-6,17H,7H2,1H3,(H2,13,14,15,16). The number of carbonyl (C=O) groups is 1. The van der Waals surface area contributed by atoms with E-state index in [1.54, 1.807) is 0 Å². The third-order valence-corrected chi connectivity index (χ3v) is 2.70. The Morgan fingerprint density at radius 3 is 2.94 bits per heavy atom. The summed E-state index contributed by atoms with van der Waals surface area (Å²) < 4.78 is 0. The Bertz CT molecular complexity index is 536. The van der Waals surface area contributed by atoms with E-state index in [2.05, 4.69) is 28.1 Å². The third-order valence-electron chi connectivity index (χ3n) is 2.42. The predicted octanol–water partition coefficient (Wildman–Crippen LogP) is 2.25. The zero-order valence-electron chi connectivity index (χ0n) is 9.40. The van der Waals surface area contributed by atoms with E-state index >= 15 is 0 Å². The van der Waals surface area contributed by atoms with Crippen molar-refractivity contribution in [3.8, 4) is 11.3 Å². The van der Waals surface area contributed by atoms with Crippen LogP contribution in [0.4, 0.5) is 5.82 Å². The van der Waals surface area contributed by atoms with Crippen molar-refractivity contribution >= 4 is 24.4 Å². The first-order valence-electron chi connectivity index (χ1n) is 5.23. The molecule has 0 spiro atoms. The number of hydrogen-bond acceptors (Lipinski definition) is 3. The fourth-order valence-electron chi connectivity index (χ4n) is 1.57. The number of carbonyl (C=O) groups excluding carboxylic acids is 1. The number of thiol groups is 1. The van der Waals surface area contributed by atoms with Crippen LogP contribution in [0, 0.1) is 6.92 Å². The van der Waals surface area contributed by atoms with Crippen molar-refractivity contribution < 1.29 is 4.79 Å². The van der Waals surface area contributed by atoms with Gasteiger partial charge in [-0.3, -0.25) is 9.89 Å². The van der Waals surface area contributed by atoms with Crippen molar-refractivity contribution in [2.75, 3.05) is 11.1 Å². The highest BCUT2D eigenvalue weighted by atomic mass is 32.1. The maximum Gasteiger partial charge on any atom is 0.235 e. The molecule has 0 saturated heterocycles. The van der Waals surface area contributed by atoms with Gasteiger partial charge in [-0.05, 0) is 12.5 Å². The van der Waals surface area contributed by atoms with E-state index in [4.69, 9.17) is 0 Å². The Hall–Kier alpha value is -1.75. The monoisotopic (exact) mass is 247 g/mol. The van der Waals surface area contributed by atoms with Crippen LogP contribution in [0.3, 0.4) is 0 Å².